The number of alkyl halides is 3. The van der Waals surface area contributed by atoms with Crippen LogP contribution in [-0.4, -0.2) is 36.1 Å². The van der Waals surface area contributed by atoms with Crippen LogP contribution in [0, 0.1) is 0 Å². The fraction of sp³-hybridized carbons (Fsp3) is 0.438. The fourth-order valence-electron chi connectivity index (χ4n) is 2.01. The fourth-order valence-corrected chi connectivity index (χ4v) is 2.81. The predicted molar refractivity (Wildman–Crippen MR) is 94.4 cm³/mol. The van der Waals surface area contributed by atoms with Gasteiger partial charge in [0.1, 0.15) is 17.2 Å². The van der Waals surface area contributed by atoms with E-state index in [1.54, 1.807) is 18.4 Å². The van der Waals surface area contributed by atoms with E-state index in [1.165, 1.54) is 17.1 Å². The van der Waals surface area contributed by atoms with Crippen molar-refractivity contribution in [2.45, 2.75) is 26.1 Å². The van der Waals surface area contributed by atoms with Crippen molar-refractivity contribution < 1.29 is 17.9 Å². The maximum atomic E-state index is 12.9. The molecule has 10 heteroatoms. The lowest BCUT2D eigenvalue weighted by Crippen LogP contribution is -2.38. The van der Waals surface area contributed by atoms with Gasteiger partial charge in [-0.15, -0.1) is 11.3 Å². The number of nitrogens with one attached hydrogen (secondary N) is 2. The molecule has 0 saturated heterocycles. The summed E-state index contributed by atoms with van der Waals surface area (Å²) in [6, 6.07) is 2.16. The van der Waals surface area contributed by atoms with Gasteiger partial charge in [-0.3, -0.25) is 4.99 Å². The number of ether oxygens (including phenoxy) is 1. The number of hydrogen-bond donors (Lipinski definition) is 2. The number of thiazole rings is 1. The molecule has 0 radical (unpaired) electrons. The molecule has 0 saturated carbocycles. The molecule has 0 aromatic carbocycles. The Hall–Kier alpha value is -2.36. The summed E-state index contributed by atoms with van der Waals surface area (Å²) in [5.41, 5.74) is -0.891. The molecule has 26 heavy (non-hydrogen) atoms. The van der Waals surface area contributed by atoms with E-state index in [-0.39, 0.29) is 13.2 Å². The van der Waals surface area contributed by atoms with E-state index in [2.05, 4.69) is 32.5 Å². The number of aliphatic imine (C=N–C) groups is 1. The van der Waals surface area contributed by atoms with Crippen molar-refractivity contribution in [3.8, 4) is 5.88 Å². The SMILES string of the molecule is CCc1cnc(CNC(=NC)NCCOc2ncccc2C(F)(F)F)s1. The molecule has 0 aliphatic heterocycles. The van der Waals surface area contributed by atoms with Crippen molar-refractivity contribution in [1.29, 1.82) is 0 Å². The third-order valence-corrected chi connectivity index (χ3v) is 4.43. The Bertz CT molecular complexity index is 733. The van der Waals surface area contributed by atoms with Crippen LogP contribution in [0.25, 0.3) is 0 Å². The van der Waals surface area contributed by atoms with E-state index in [0.717, 1.165) is 17.5 Å². The molecule has 0 bridgehead atoms. The van der Waals surface area contributed by atoms with Crippen LogP contribution in [0.4, 0.5) is 13.2 Å². The van der Waals surface area contributed by atoms with E-state index < -0.39 is 17.6 Å². The molecular weight excluding hydrogens is 367 g/mol. The maximum Gasteiger partial charge on any atom is 0.421 e. The Morgan fingerprint density at radius 1 is 1.31 bits per heavy atom. The number of aryl methyl sites for hydroxylation is 1. The average Bonchev–Trinajstić information content (AvgIpc) is 3.08. The summed E-state index contributed by atoms with van der Waals surface area (Å²) in [5.74, 6) is 0.0820. The van der Waals surface area contributed by atoms with Gasteiger partial charge in [0.2, 0.25) is 5.88 Å². The van der Waals surface area contributed by atoms with Crippen LogP contribution in [-0.2, 0) is 19.1 Å². The zero-order chi connectivity index (χ0) is 19.0. The van der Waals surface area contributed by atoms with Crippen LogP contribution < -0.4 is 15.4 Å². The number of rotatable bonds is 7. The third kappa shape index (κ3) is 5.87. The number of pyridine rings is 1. The highest BCUT2D eigenvalue weighted by Gasteiger charge is 2.34. The number of nitrogens with zero attached hydrogens (tertiary/aromatic N) is 3. The lowest BCUT2D eigenvalue weighted by molar-refractivity contribution is -0.139. The Kier molecular flexibility index (Phi) is 7.19. The van der Waals surface area contributed by atoms with E-state index >= 15 is 0 Å². The Labute approximate surface area is 153 Å². The summed E-state index contributed by atoms with van der Waals surface area (Å²) in [4.78, 5) is 13.2. The van der Waals surface area contributed by atoms with Crippen LogP contribution in [0.5, 0.6) is 5.88 Å². The zero-order valence-electron chi connectivity index (χ0n) is 14.4. The van der Waals surface area contributed by atoms with Gasteiger partial charge >= 0.3 is 6.18 Å². The van der Waals surface area contributed by atoms with Gasteiger partial charge in [-0.2, -0.15) is 13.2 Å². The number of guanidine groups is 1. The van der Waals surface area contributed by atoms with Gasteiger partial charge in [0.15, 0.2) is 5.96 Å². The van der Waals surface area contributed by atoms with Gasteiger partial charge in [0.25, 0.3) is 0 Å². The largest absolute Gasteiger partial charge is 0.475 e. The second-order valence-corrected chi connectivity index (χ2v) is 6.33. The highest BCUT2D eigenvalue weighted by Crippen LogP contribution is 2.34. The van der Waals surface area contributed by atoms with E-state index in [9.17, 15) is 13.2 Å². The molecule has 0 aliphatic rings. The van der Waals surface area contributed by atoms with Gasteiger partial charge in [0, 0.05) is 24.3 Å². The van der Waals surface area contributed by atoms with Crippen molar-refractivity contribution in [1.82, 2.24) is 20.6 Å². The second-order valence-electron chi connectivity index (χ2n) is 5.13. The molecule has 2 N–H and O–H groups in total. The molecule has 2 aromatic heterocycles. The molecule has 0 fully saturated rings. The molecule has 6 nitrogen and oxygen atoms in total. The van der Waals surface area contributed by atoms with Gasteiger partial charge in [-0.05, 0) is 18.6 Å². The van der Waals surface area contributed by atoms with Gasteiger partial charge in [-0.1, -0.05) is 6.92 Å². The smallest absolute Gasteiger partial charge is 0.421 e. The quantitative estimate of drug-likeness (QED) is 0.434. The number of aromatic nitrogens is 2. The first-order chi connectivity index (χ1) is 12.4. The predicted octanol–water partition coefficient (Wildman–Crippen LogP) is 2.86. The summed E-state index contributed by atoms with van der Waals surface area (Å²) in [6.45, 7) is 2.87. The molecule has 0 spiro atoms. The first-order valence-corrected chi connectivity index (χ1v) is 8.78. The number of halogens is 3. The second kappa shape index (κ2) is 9.37. The van der Waals surface area contributed by atoms with Crippen molar-refractivity contribution in [3.63, 3.8) is 0 Å². The minimum absolute atomic E-state index is 0.0119. The topological polar surface area (TPSA) is 71.4 Å². The lowest BCUT2D eigenvalue weighted by Gasteiger charge is -2.14. The average molecular weight is 387 g/mol. The minimum Gasteiger partial charge on any atom is -0.475 e. The van der Waals surface area contributed by atoms with Crippen LogP contribution in [0.15, 0.2) is 29.5 Å². The van der Waals surface area contributed by atoms with E-state index in [0.29, 0.717) is 12.5 Å². The highest BCUT2D eigenvalue weighted by atomic mass is 32.1. The molecule has 0 aliphatic carbocycles. The first kappa shape index (κ1) is 20.0. The summed E-state index contributed by atoms with van der Waals surface area (Å²) in [7, 11) is 1.61. The van der Waals surface area contributed by atoms with Crippen molar-refractivity contribution in [2.75, 3.05) is 20.2 Å². The Morgan fingerprint density at radius 3 is 2.77 bits per heavy atom. The number of hydrogen-bond acceptors (Lipinski definition) is 5. The Morgan fingerprint density at radius 2 is 2.12 bits per heavy atom. The molecule has 142 valence electrons. The molecular formula is C16H20F3N5OS. The van der Waals surface area contributed by atoms with Crippen molar-refractivity contribution in [2.24, 2.45) is 4.99 Å². The van der Waals surface area contributed by atoms with Crippen LogP contribution in [0.3, 0.4) is 0 Å². The van der Waals surface area contributed by atoms with Crippen molar-refractivity contribution >= 4 is 17.3 Å². The zero-order valence-corrected chi connectivity index (χ0v) is 15.2. The monoisotopic (exact) mass is 387 g/mol. The summed E-state index contributed by atoms with van der Waals surface area (Å²) in [5, 5.41) is 7.00. The standard InChI is InChI=1S/C16H20F3N5OS/c1-3-11-9-23-13(26-11)10-24-15(20-2)22-7-8-25-14-12(16(17,18)19)5-4-6-21-14/h4-6,9H,3,7-8,10H2,1-2H3,(H2,20,22,24). The maximum absolute atomic E-state index is 12.9. The van der Waals surface area contributed by atoms with Crippen molar-refractivity contribution in [3.05, 3.63) is 40.0 Å². The highest BCUT2D eigenvalue weighted by molar-refractivity contribution is 7.11. The normalized spacial score (nSPS) is 12.1. The van der Waals surface area contributed by atoms with Gasteiger partial charge < -0.3 is 15.4 Å². The molecule has 2 heterocycles. The van der Waals surface area contributed by atoms with E-state index in [1.807, 2.05) is 6.20 Å². The molecule has 2 rings (SSSR count). The molecule has 0 atom stereocenters. The van der Waals surface area contributed by atoms with Crippen LogP contribution in [0.1, 0.15) is 22.4 Å². The van der Waals surface area contributed by atoms with E-state index in [4.69, 9.17) is 4.74 Å². The summed E-state index contributed by atoms with van der Waals surface area (Å²) < 4.78 is 43.7. The molecule has 0 unspecified atom stereocenters. The van der Waals surface area contributed by atoms with Crippen LogP contribution in [0.2, 0.25) is 0 Å². The van der Waals surface area contributed by atoms with Crippen LogP contribution >= 0.6 is 11.3 Å². The summed E-state index contributed by atoms with van der Waals surface area (Å²) >= 11 is 1.62. The van der Waals surface area contributed by atoms with Gasteiger partial charge in [0.05, 0.1) is 13.1 Å². The molecule has 2 aromatic rings. The van der Waals surface area contributed by atoms with Gasteiger partial charge in [-0.25, -0.2) is 9.97 Å². The molecule has 0 amide bonds. The minimum atomic E-state index is -4.50. The Balaban J connectivity index is 1.78. The lowest BCUT2D eigenvalue weighted by atomic mass is 10.2. The summed E-state index contributed by atoms with van der Waals surface area (Å²) in [6.07, 6.45) is -0.455. The third-order valence-electron chi connectivity index (χ3n) is 3.29. The first-order valence-electron chi connectivity index (χ1n) is 7.97.